The summed E-state index contributed by atoms with van der Waals surface area (Å²) in [5.74, 6) is -0.342. The minimum atomic E-state index is -3.27. The van der Waals surface area contributed by atoms with Gasteiger partial charge < -0.3 is 10.6 Å². The monoisotopic (exact) mass is 369 g/mol. The van der Waals surface area contributed by atoms with E-state index in [0.717, 1.165) is 19.0 Å². The van der Waals surface area contributed by atoms with E-state index in [2.05, 4.69) is 25.7 Å². The van der Waals surface area contributed by atoms with Crippen molar-refractivity contribution >= 4 is 27.5 Å². The zero-order valence-corrected chi connectivity index (χ0v) is 14.8. The van der Waals surface area contributed by atoms with E-state index in [9.17, 15) is 12.8 Å². The van der Waals surface area contributed by atoms with Gasteiger partial charge >= 0.3 is 0 Å². The third kappa shape index (κ3) is 4.23. The van der Waals surface area contributed by atoms with Crippen molar-refractivity contribution in [2.24, 2.45) is 7.05 Å². The molecule has 136 valence electrons. The molecule has 0 saturated carbocycles. The summed E-state index contributed by atoms with van der Waals surface area (Å²) in [4.78, 5) is 8.01. The first-order valence-corrected chi connectivity index (χ1v) is 9.66. The molecule has 1 aliphatic rings. The Morgan fingerprint density at radius 3 is 2.88 bits per heavy atom. The molecule has 11 heteroatoms. The second-order valence-electron chi connectivity index (χ2n) is 5.97. The van der Waals surface area contributed by atoms with Gasteiger partial charge in [0.1, 0.15) is 0 Å². The normalized spacial score (nSPS) is 18.4. The largest absolute Gasteiger partial charge is 0.366 e. The topological polar surface area (TPSA) is 105 Å². The molecule has 0 unspecified atom stereocenters. The van der Waals surface area contributed by atoms with Gasteiger partial charge in [-0.3, -0.25) is 4.68 Å². The van der Waals surface area contributed by atoms with E-state index >= 15 is 0 Å². The van der Waals surface area contributed by atoms with E-state index in [1.165, 1.54) is 10.6 Å². The Morgan fingerprint density at radius 2 is 2.20 bits per heavy atom. The average Bonchev–Trinajstić information content (AvgIpc) is 3.16. The van der Waals surface area contributed by atoms with Gasteiger partial charge in [0.05, 0.1) is 24.3 Å². The highest BCUT2D eigenvalue weighted by atomic mass is 32.2. The summed E-state index contributed by atoms with van der Waals surface area (Å²) in [6.07, 6.45) is 7.11. The Balaban J connectivity index is 1.68. The van der Waals surface area contributed by atoms with Gasteiger partial charge in [0, 0.05) is 32.4 Å². The number of nitrogens with one attached hydrogen (secondary N) is 2. The molecular formula is C14H20FN7O2S. The van der Waals surface area contributed by atoms with E-state index in [-0.39, 0.29) is 24.4 Å². The summed E-state index contributed by atoms with van der Waals surface area (Å²) in [6.45, 7) is 0.776. The standard InChI is InChI=1S/C14H20FN7O2S/c1-21-9-10(6-18-21)19-14-17-8-12(15)13(20-14)16-7-11-4-3-5-22(11)25(2,23)24/h6,8-9,11H,3-5,7H2,1-2H3,(H2,16,17,19,20)/t11-/m1/s1. The Bertz CT molecular complexity index is 855. The number of rotatable bonds is 6. The number of halogens is 1. The first-order chi connectivity index (χ1) is 11.8. The van der Waals surface area contributed by atoms with E-state index in [1.807, 2.05) is 0 Å². The maximum Gasteiger partial charge on any atom is 0.229 e. The third-order valence-corrected chi connectivity index (χ3v) is 5.29. The van der Waals surface area contributed by atoms with Crippen molar-refractivity contribution in [2.75, 3.05) is 30.0 Å². The number of sulfonamides is 1. The molecule has 0 radical (unpaired) electrons. The van der Waals surface area contributed by atoms with Crippen LogP contribution >= 0.6 is 0 Å². The van der Waals surface area contributed by atoms with Crippen LogP contribution in [0.4, 0.5) is 21.8 Å². The summed E-state index contributed by atoms with van der Waals surface area (Å²) >= 11 is 0. The number of nitrogens with zero attached hydrogens (tertiary/aromatic N) is 5. The van der Waals surface area contributed by atoms with E-state index < -0.39 is 15.8 Å². The van der Waals surface area contributed by atoms with Crippen LogP contribution in [0.2, 0.25) is 0 Å². The van der Waals surface area contributed by atoms with Crippen molar-refractivity contribution in [3.63, 3.8) is 0 Å². The van der Waals surface area contributed by atoms with E-state index in [0.29, 0.717) is 12.2 Å². The summed E-state index contributed by atoms with van der Waals surface area (Å²) < 4.78 is 40.5. The fraction of sp³-hybridized carbons (Fsp3) is 0.500. The molecule has 1 atom stereocenters. The lowest BCUT2D eigenvalue weighted by Crippen LogP contribution is -2.39. The van der Waals surface area contributed by atoms with Crippen LogP contribution in [0.1, 0.15) is 12.8 Å². The zero-order valence-electron chi connectivity index (χ0n) is 14.0. The van der Waals surface area contributed by atoms with Crippen LogP contribution in [0, 0.1) is 5.82 Å². The van der Waals surface area contributed by atoms with Crippen LogP contribution < -0.4 is 10.6 Å². The van der Waals surface area contributed by atoms with Crippen molar-refractivity contribution in [3.05, 3.63) is 24.4 Å². The van der Waals surface area contributed by atoms with Crippen LogP contribution in [-0.4, -0.2) is 57.9 Å². The fourth-order valence-corrected chi connectivity index (χ4v) is 4.01. The van der Waals surface area contributed by atoms with E-state index in [1.54, 1.807) is 24.1 Å². The molecule has 1 aliphatic heterocycles. The summed E-state index contributed by atoms with van der Waals surface area (Å²) in [6, 6.07) is -0.209. The molecule has 9 nitrogen and oxygen atoms in total. The van der Waals surface area contributed by atoms with Crippen LogP contribution in [0.25, 0.3) is 0 Å². The minimum Gasteiger partial charge on any atom is -0.366 e. The number of aromatic nitrogens is 4. The highest BCUT2D eigenvalue weighted by molar-refractivity contribution is 7.88. The molecular weight excluding hydrogens is 349 g/mol. The molecule has 1 saturated heterocycles. The lowest BCUT2D eigenvalue weighted by atomic mass is 10.2. The van der Waals surface area contributed by atoms with Gasteiger partial charge in [0.15, 0.2) is 11.6 Å². The lowest BCUT2D eigenvalue weighted by Gasteiger charge is -2.22. The summed E-state index contributed by atoms with van der Waals surface area (Å²) in [5.41, 5.74) is 0.680. The lowest BCUT2D eigenvalue weighted by molar-refractivity contribution is 0.402. The van der Waals surface area contributed by atoms with Gasteiger partial charge in [0.2, 0.25) is 16.0 Å². The molecule has 25 heavy (non-hydrogen) atoms. The molecule has 0 aliphatic carbocycles. The third-order valence-electron chi connectivity index (χ3n) is 3.96. The number of aryl methyl sites for hydroxylation is 1. The molecule has 0 amide bonds. The average molecular weight is 369 g/mol. The second kappa shape index (κ2) is 6.92. The van der Waals surface area contributed by atoms with Crippen molar-refractivity contribution < 1.29 is 12.8 Å². The highest BCUT2D eigenvalue weighted by Crippen LogP contribution is 2.22. The fourth-order valence-electron chi connectivity index (χ4n) is 2.83. The smallest absolute Gasteiger partial charge is 0.229 e. The van der Waals surface area contributed by atoms with Gasteiger partial charge in [-0.2, -0.15) is 14.4 Å². The summed E-state index contributed by atoms with van der Waals surface area (Å²) in [5, 5.41) is 9.85. The Hall–Kier alpha value is -2.27. The van der Waals surface area contributed by atoms with E-state index in [4.69, 9.17) is 0 Å². The SMILES string of the molecule is Cn1cc(Nc2ncc(F)c(NC[C@H]3CCCN3S(C)(=O)=O)n2)cn1. The first kappa shape index (κ1) is 17.5. The Kier molecular flexibility index (Phi) is 4.86. The number of hydrogen-bond donors (Lipinski definition) is 2. The molecule has 1 fully saturated rings. The van der Waals surface area contributed by atoms with Gasteiger partial charge in [-0.15, -0.1) is 0 Å². The molecule has 3 heterocycles. The maximum atomic E-state index is 14.0. The molecule has 0 aromatic carbocycles. The Morgan fingerprint density at radius 1 is 1.40 bits per heavy atom. The summed E-state index contributed by atoms with van der Waals surface area (Å²) in [7, 11) is -1.49. The number of anilines is 3. The van der Waals surface area contributed by atoms with Gasteiger partial charge in [-0.25, -0.2) is 17.8 Å². The van der Waals surface area contributed by atoms with Crippen molar-refractivity contribution in [1.82, 2.24) is 24.1 Å². The van der Waals surface area contributed by atoms with Gasteiger partial charge in [0.25, 0.3) is 0 Å². The van der Waals surface area contributed by atoms with Gasteiger partial charge in [-0.1, -0.05) is 0 Å². The maximum absolute atomic E-state index is 14.0. The Labute approximate surface area is 145 Å². The predicted octanol–water partition coefficient (Wildman–Crippen LogP) is 0.929. The molecule has 3 rings (SSSR count). The molecule has 0 spiro atoms. The molecule has 2 aromatic rings. The minimum absolute atomic E-state index is 0.0294. The molecule has 2 N–H and O–H groups in total. The second-order valence-corrected chi connectivity index (χ2v) is 7.90. The highest BCUT2D eigenvalue weighted by Gasteiger charge is 2.31. The zero-order chi connectivity index (χ0) is 18.0. The van der Waals surface area contributed by atoms with Crippen LogP contribution in [0.15, 0.2) is 18.6 Å². The molecule has 0 bridgehead atoms. The van der Waals surface area contributed by atoms with Crippen LogP contribution in [0.3, 0.4) is 0 Å². The van der Waals surface area contributed by atoms with Crippen LogP contribution in [-0.2, 0) is 17.1 Å². The van der Waals surface area contributed by atoms with Crippen LogP contribution in [0.5, 0.6) is 0 Å². The van der Waals surface area contributed by atoms with Crippen molar-refractivity contribution in [2.45, 2.75) is 18.9 Å². The van der Waals surface area contributed by atoms with Gasteiger partial charge in [-0.05, 0) is 12.8 Å². The van der Waals surface area contributed by atoms with Crippen molar-refractivity contribution in [1.29, 1.82) is 0 Å². The van der Waals surface area contributed by atoms with Crippen molar-refractivity contribution in [3.8, 4) is 0 Å². The quantitative estimate of drug-likeness (QED) is 0.780. The first-order valence-electron chi connectivity index (χ1n) is 7.82. The predicted molar refractivity (Wildman–Crippen MR) is 91.5 cm³/mol. The number of hydrogen-bond acceptors (Lipinski definition) is 7. The molecule has 2 aromatic heterocycles.